The van der Waals surface area contributed by atoms with Crippen molar-refractivity contribution < 1.29 is 48.6 Å². The lowest BCUT2D eigenvalue weighted by molar-refractivity contribution is -0.142. The number of aromatic amines is 1. The third-order valence-corrected chi connectivity index (χ3v) is 10.7. The highest BCUT2D eigenvalue weighted by Crippen LogP contribution is 2.21. The Hall–Kier alpha value is -6.87. The molecule has 0 bridgehead atoms. The number of hydrogen-bond donors (Lipinski definition) is 11. The van der Waals surface area contributed by atoms with Crippen molar-refractivity contribution in [1.82, 2.24) is 46.8 Å². The summed E-state index contributed by atoms with van der Waals surface area (Å²) in [7, 11) is 0. The van der Waals surface area contributed by atoms with Crippen molar-refractivity contribution in [1.29, 1.82) is 0 Å². The molecule has 13 N–H and O–H groups in total. The van der Waals surface area contributed by atoms with E-state index in [0.717, 1.165) is 5.56 Å². The number of aliphatic hydroxyl groups is 1. The summed E-state index contributed by atoms with van der Waals surface area (Å²) in [4.78, 5) is 115. The quantitative estimate of drug-likeness (QED) is 0.0489. The van der Waals surface area contributed by atoms with E-state index in [0.29, 0.717) is 24.1 Å². The van der Waals surface area contributed by atoms with E-state index in [1.165, 1.54) is 43.4 Å². The van der Waals surface area contributed by atoms with Crippen LogP contribution in [-0.4, -0.2) is 134 Å². The number of rotatable bonds is 23. The van der Waals surface area contributed by atoms with E-state index < -0.39 is 102 Å². The topological polar surface area (TPSA) is 333 Å². The number of aliphatic hydroxyl groups excluding tert-OH is 1. The number of carbonyl (C=O) groups is 8. The van der Waals surface area contributed by atoms with Crippen LogP contribution in [0.5, 0.6) is 5.75 Å². The van der Waals surface area contributed by atoms with Crippen LogP contribution in [0.3, 0.4) is 0 Å². The zero-order chi connectivity index (χ0) is 47.8. The molecule has 2 aromatic carbocycles. The predicted octanol–water partition coefficient (Wildman–Crippen LogP) is -2.07. The molecular formula is C44H61N11O10. The molecule has 8 atom stereocenters. The van der Waals surface area contributed by atoms with Gasteiger partial charge in [-0.25, -0.2) is 4.98 Å². The van der Waals surface area contributed by atoms with Gasteiger partial charge in [0.2, 0.25) is 47.3 Å². The SMILES string of the molecule is CC(C)C[C@H](NC(=O)[C@H](C)NC(=O)[C@H](CO)NC(=O)[C@H](Cc1cnc[nH]1)NC(=O)[C@H](Cc1ccc(O)cc1)NC(=O)[C@H](C)N)C(=O)N1CCC[C@H]1C(=O)N[C@@H](Cc1ccccc1)C(N)=O. The Labute approximate surface area is 376 Å². The maximum atomic E-state index is 14.0. The largest absolute Gasteiger partial charge is 0.508 e. The van der Waals surface area contributed by atoms with Crippen LogP contribution in [0.25, 0.3) is 0 Å². The van der Waals surface area contributed by atoms with Gasteiger partial charge in [0.15, 0.2) is 0 Å². The monoisotopic (exact) mass is 903 g/mol. The highest BCUT2D eigenvalue weighted by Gasteiger charge is 2.40. The number of imidazole rings is 1. The molecule has 65 heavy (non-hydrogen) atoms. The van der Waals surface area contributed by atoms with Crippen LogP contribution in [0, 0.1) is 5.92 Å². The van der Waals surface area contributed by atoms with Crippen LogP contribution in [-0.2, 0) is 57.6 Å². The van der Waals surface area contributed by atoms with Crippen molar-refractivity contribution in [2.24, 2.45) is 17.4 Å². The van der Waals surface area contributed by atoms with E-state index in [2.05, 4.69) is 41.9 Å². The maximum Gasteiger partial charge on any atom is 0.245 e. The van der Waals surface area contributed by atoms with Gasteiger partial charge in [-0.05, 0) is 62.3 Å². The van der Waals surface area contributed by atoms with E-state index >= 15 is 0 Å². The van der Waals surface area contributed by atoms with Crippen LogP contribution in [0.1, 0.15) is 63.8 Å². The molecule has 3 aromatic rings. The minimum absolute atomic E-state index is 0.0137. The summed E-state index contributed by atoms with van der Waals surface area (Å²) in [6.07, 6.45) is 3.70. The summed E-state index contributed by atoms with van der Waals surface area (Å²) in [5.41, 5.74) is 13.1. The van der Waals surface area contributed by atoms with Gasteiger partial charge in [-0.15, -0.1) is 0 Å². The number of phenols is 1. The smallest absolute Gasteiger partial charge is 0.245 e. The molecule has 1 aliphatic rings. The summed E-state index contributed by atoms with van der Waals surface area (Å²) in [5.74, 6) is -6.01. The Kier molecular flexibility index (Phi) is 19.0. The number of carbonyl (C=O) groups excluding carboxylic acids is 8. The van der Waals surface area contributed by atoms with Crippen molar-refractivity contribution in [3.8, 4) is 5.75 Å². The van der Waals surface area contributed by atoms with Crippen LogP contribution >= 0.6 is 0 Å². The zero-order valence-electron chi connectivity index (χ0n) is 36.9. The Morgan fingerprint density at radius 3 is 1.88 bits per heavy atom. The van der Waals surface area contributed by atoms with Gasteiger partial charge in [-0.1, -0.05) is 56.3 Å². The molecule has 0 spiro atoms. The molecule has 21 nitrogen and oxygen atoms in total. The third-order valence-electron chi connectivity index (χ3n) is 10.7. The molecule has 21 heteroatoms. The lowest BCUT2D eigenvalue weighted by Gasteiger charge is -2.31. The van der Waals surface area contributed by atoms with E-state index in [1.807, 2.05) is 19.9 Å². The fourth-order valence-corrected chi connectivity index (χ4v) is 7.16. The summed E-state index contributed by atoms with van der Waals surface area (Å²) >= 11 is 0. The summed E-state index contributed by atoms with van der Waals surface area (Å²) in [6.45, 7) is 5.76. The van der Waals surface area contributed by atoms with Gasteiger partial charge in [0.05, 0.1) is 19.0 Å². The third kappa shape index (κ3) is 15.4. The summed E-state index contributed by atoms with van der Waals surface area (Å²) in [5, 5.41) is 35.4. The Morgan fingerprint density at radius 1 is 0.723 bits per heavy atom. The summed E-state index contributed by atoms with van der Waals surface area (Å²) in [6, 6.07) is 5.35. The molecule has 1 saturated heterocycles. The number of likely N-dealkylation sites (tertiary alicyclic amines) is 1. The minimum Gasteiger partial charge on any atom is -0.508 e. The van der Waals surface area contributed by atoms with Crippen molar-refractivity contribution in [2.75, 3.05) is 13.2 Å². The van der Waals surface area contributed by atoms with Crippen LogP contribution in [0.15, 0.2) is 67.1 Å². The molecule has 2 heterocycles. The van der Waals surface area contributed by atoms with Crippen molar-refractivity contribution in [3.63, 3.8) is 0 Å². The second-order valence-corrected chi connectivity index (χ2v) is 16.6. The molecular weight excluding hydrogens is 843 g/mol. The first-order valence-electron chi connectivity index (χ1n) is 21.4. The number of benzene rings is 2. The number of primary amides is 1. The maximum absolute atomic E-state index is 14.0. The number of aromatic hydroxyl groups is 1. The van der Waals surface area contributed by atoms with Crippen molar-refractivity contribution >= 4 is 47.3 Å². The Balaban J connectivity index is 1.42. The standard InChI is InChI=1S/C44H61N11O10/c1-24(2)17-34(44(65)55-16-8-11-36(55)43(64)50-31(37(46)58)18-27-9-6-5-7-10-27)53-39(60)26(4)49-42(63)35(22-56)54-41(62)33(20-29-21-47-23-48-29)52-40(61)32(51-38(59)25(3)45)19-28-12-14-30(57)15-13-28/h5-7,9-10,12-15,21,23-26,31-36,56-57H,8,11,16-20,22,45H2,1-4H3,(H2,46,58)(H,47,48)(H,49,63)(H,50,64)(H,51,59)(H,52,61)(H,53,60)(H,54,62)/t25-,26-,31-,32-,33-,34-,35-,36-/m0/s1. The van der Waals surface area contributed by atoms with E-state index in [4.69, 9.17) is 11.5 Å². The van der Waals surface area contributed by atoms with Gasteiger partial charge >= 0.3 is 0 Å². The number of H-pyrrole nitrogens is 1. The van der Waals surface area contributed by atoms with E-state index in [1.54, 1.807) is 36.4 Å². The molecule has 352 valence electrons. The van der Waals surface area contributed by atoms with Crippen LogP contribution in [0.2, 0.25) is 0 Å². The predicted molar refractivity (Wildman–Crippen MR) is 236 cm³/mol. The molecule has 4 rings (SSSR count). The Bertz CT molecular complexity index is 2100. The number of aromatic nitrogens is 2. The number of nitrogens with one attached hydrogen (secondary N) is 7. The van der Waals surface area contributed by atoms with Gasteiger partial charge in [0.25, 0.3) is 0 Å². The van der Waals surface area contributed by atoms with Crippen LogP contribution in [0.4, 0.5) is 0 Å². The normalized spacial score (nSPS) is 16.7. The summed E-state index contributed by atoms with van der Waals surface area (Å²) < 4.78 is 0. The van der Waals surface area contributed by atoms with Crippen LogP contribution < -0.4 is 43.4 Å². The molecule has 0 saturated carbocycles. The average molecular weight is 904 g/mol. The number of phenolic OH excluding ortho intramolecular Hbond substituents is 1. The molecule has 0 radical (unpaired) electrons. The highest BCUT2D eigenvalue weighted by molar-refractivity contribution is 5.98. The average Bonchev–Trinajstić information content (AvgIpc) is 3.98. The van der Waals surface area contributed by atoms with Gasteiger partial charge in [-0.2, -0.15) is 0 Å². The second kappa shape index (κ2) is 24.3. The Morgan fingerprint density at radius 2 is 1.29 bits per heavy atom. The van der Waals surface area contributed by atoms with E-state index in [-0.39, 0.29) is 43.9 Å². The number of amides is 8. The fraction of sp³-hybridized carbons (Fsp3) is 0.477. The zero-order valence-corrected chi connectivity index (χ0v) is 36.9. The first kappa shape index (κ1) is 50.8. The number of nitrogens with zero attached hydrogens (tertiary/aromatic N) is 2. The van der Waals surface area contributed by atoms with E-state index in [9.17, 15) is 48.6 Å². The molecule has 8 amide bonds. The van der Waals surface area contributed by atoms with Crippen molar-refractivity contribution in [2.45, 2.75) is 115 Å². The van der Waals surface area contributed by atoms with Gasteiger partial charge in [-0.3, -0.25) is 38.4 Å². The lowest BCUT2D eigenvalue weighted by Crippen LogP contribution is -2.60. The number of nitrogens with two attached hydrogens (primary N) is 2. The molecule has 1 aromatic heterocycles. The molecule has 1 aliphatic heterocycles. The minimum atomic E-state index is -1.62. The molecule has 0 unspecified atom stereocenters. The first-order valence-corrected chi connectivity index (χ1v) is 21.4. The lowest BCUT2D eigenvalue weighted by atomic mass is 10.0. The second-order valence-electron chi connectivity index (χ2n) is 16.6. The van der Waals surface area contributed by atoms with Crippen molar-refractivity contribution in [3.05, 3.63) is 83.9 Å². The fourth-order valence-electron chi connectivity index (χ4n) is 7.16. The first-order chi connectivity index (χ1) is 30.9. The highest BCUT2D eigenvalue weighted by atomic mass is 16.3. The van der Waals surface area contributed by atoms with Gasteiger partial charge in [0, 0.05) is 37.7 Å². The molecule has 0 aliphatic carbocycles. The van der Waals surface area contributed by atoms with Gasteiger partial charge in [0.1, 0.15) is 48.0 Å². The molecule has 1 fully saturated rings. The number of hydrogen-bond acceptors (Lipinski definition) is 12. The van der Waals surface area contributed by atoms with Gasteiger partial charge < -0.3 is 63.5 Å².